The highest BCUT2D eigenvalue weighted by Gasteiger charge is 2.35. The van der Waals surface area contributed by atoms with E-state index < -0.39 is 0 Å². The van der Waals surface area contributed by atoms with Gasteiger partial charge in [-0.05, 0) is 43.7 Å². The Kier molecular flexibility index (Phi) is 5.44. The van der Waals surface area contributed by atoms with Crippen molar-refractivity contribution >= 4 is 17.7 Å². The normalized spacial score (nSPS) is 25.3. The number of hydrogen-bond donors (Lipinski definition) is 1. The average molecular weight is 356 g/mol. The number of aryl methyl sites for hydroxylation is 1. The van der Waals surface area contributed by atoms with Crippen molar-refractivity contribution in [3.05, 3.63) is 34.9 Å². The lowest BCUT2D eigenvalue weighted by atomic mass is 9.78. The summed E-state index contributed by atoms with van der Waals surface area (Å²) in [5.74, 6) is 0.649. The standard InChI is InChI=1S/C21H28N2O3/c1-13-9-10-16-17(12-13)21(26)23(20(16)25)11-5-8-19(24)22-18-7-4-6-14(2)15(18)3/h9-10,12,14-15,18H,4-8,11H2,1-3H3,(H,22,24)/t14-,15-,18+/m0/s1. The van der Waals surface area contributed by atoms with Gasteiger partial charge in [0.25, 0.3) is 11.8 Å². The maximum atomic E-state index is 12.4. The van der Waals surface area contributed by atoms with E-state index in [1.165, 1.54) is 11.3 Å². The predicted molar refractivity (Wildman–Crippen MR) is 99.9 cm³/mol. The lowest BCUT2D eigenvalue weighted by molar-refractivity contribution is -0.122. The largest absolute Gasteiger partial charge is 0.353 e. The molecule has 1 saturated carbocycles. The Morgan fingerprint density at radius 2 is 1.88 bits per heavy atom. The monoisotopic (exact) mass is 356 g/mol. The summed E-state index contributed by atoms with van der Waals surface area (Å²) >= 11 is 0. The maximum Gasteiger partial charge on any atom is 0.261 e. The third-order valence-corrected chi connectivity index (χ3v) is 5.96. The van der Waals surface area contributed by atoms with Crippen LogP contribution in [0.4, 0.5) is 0 Å². The first-order chi connectivity index (χ1) is 12.4. The van der Waals surface area contributed by atoms with Gasteiger partial charge >= 0.3 is 0 Å². The molecule has 2 aliphatic rings. The molecule has 0 radical (unpaired) electrons. The molecule has 1 aliphatic heterocycles. The molecule has 26 heavy (non-hydrogen) atoms. The minimum atomic E-state index is -0.250. The zero-order chi connectivity index (χ0) is 18.8. The van der Waals surface area contributed by atoms with Crippen molar-refractivity contribution in [3.8, 4) is 0 Å². The molecule has 3 atom stereocenters. The zero-order valence-electron chi connectivity index (χ0n) is 15.9. The molecular weight excluding hydrogens is 328 g/mol. The number of hydrogen-bond acceptors (Lipinski definition) is 3. The zero-order valence-corrected chi connectivity index (χ0v) is 15.9. The quantitative estimate of drug-likeness (QED) is 0.823. The number of fused-ring (bicyclic) bond motifs is 1. The molecule has 3 amide bonds. The molecule has 0 unspecified atom stereocenters. The summed E-state index contributed by atoms with van der Waals surface area (Å²) < 4.78 is 0. The highest BCUT2D eigenvalue weighted by atomic mass is 16.2. The molecule has 0 bridgehead atoms. The number of carbonyl (C=O) groups is 3. The van der Waals surface area contributed by atoms with Crippen molar-refractivity contribution in [1.82, 2.24) is 10.2 Å². The molecule has 1 fully saturated rings. The van der Waals surface area contributed by atoms with E-state index in [1.54, 1.807) is 12.1 Å². The van der Waals surface area contributed by atoms with E-state index in [1.807, 2.05) is 13.0 Å². The van der Waals surface area contributed by atoms with Crippen LogP contribution < -0.4 is 5.32 Å². The maximum absolute atomic E-state index is 12.4. The average Bonchev–Trinajstić information content (AvgIpc) is 2.83. The predicted octanol–water partition coefficient (Wildman–Crippen LogP) is 3.31. The molecule has 5 heteroatoms. The molecule has 1 aromatic rings. The summed E-state index contributed by atoms with van der Waals surface area (Å²) in [6, 6.07) is 5.55. The summed E-state index contributed by atoms with van der Waals surface area (Å²) in [7, 11) is 0. The minimum Gasteiger partial charge on any atom is -0.353 e. The Hall–Kier alpha value is -2.17. The summed E-state index contributed by atoms with van der Waals surface area (Å²) in [5, 5.41) is 3.14. The van der Waals surface area contributed by atoms with Crippen molar-refractivity contribution in [2.24, 2.45) is 11.8 Å². The van der Waals surface area contributed by atoms with Crippen LogP contribution in [0.25, 0.3) is 0 Å². The Morgan fingerprint density at radius 1 is 1.15 bits per heavy atom. The van der Waals surface area contributed by atoms with Crippen LogP contribution in [-0.4, -0.2) is 35.2 Å². The van der Waals surface area contributed by atoms with E-state index in [9.17, 15) is 14.4 Å². The summed E-state index contributed by atoms with van der Waals surface area (Å²) in [6.45, 7) is 6.64. The number of amides is 3. The van der Waals surface area contributed by atoms with Crippen LogP contribution in [0, 0.1) is 18.8 Å². The molecule has 3 rings (SSSR count). The third-order valence-electron chi connectivity index (χ3n) is 5.96. The van der Waals surface area contributed by atoms with Crippen LogP contribution in [0.15, 0.2) is 18.2 Å². The van der Waals surface area contributed by atoms with Gasteiger partial charge in [0, 0.05) is 19.0 Å². The van der Waals surface area contributed by atoms with Crippen molar-refractivity contribution in [2.45, 2.75) is 58.9 Å². The number of imide groups is 1. The molecular formula is C21H28N2O3. The summed E-state index contributed by atoms with van der Waals surface area (Å²) in [4.78, 5) is 38.4. The van der Waals surface area contributed by atoms with Crippen LogP contribution in [0.2, 0.25) is 0 Å². The van der Waals surface area contributed by atoms with E-state index in [2.05, 4.69) is 19.2 Å². The molecule has 5 nitrogen and oxygen atoms in total. The van der Waals surface area contributed by atoms with Crippen molar-refractivity contribution < 1.29 is 14.4 Å². The Labute approximate surface area is 155 Å². The van der Waals surface area contributed by atoms with Gasteiger partial charge in [0.15, 0.2) is 0 Å². The molecule has 1 heterocycles. The molecule has 1 aromatic carbocycles. The number of benzene rings is 1. The first-order valence-corrected chi connectivity index (χ1v) is 9.64. The van der Waals surface area contributed by atoms with Gasteiger partial charge in [0.2, 0.25) is 5.91 Å². The molecule has 0 saturated heterocycles. The van der Waals surface area contributed by atoms with Crippen LogP contribution in [0.1, 0.15) is 72.2 Å². The first kappa shape index (κ1) is 18.6. The molecule has 140 valence electrons. The van der Waals surface area contributed by atoms with Gasteiger partial charge in [0.05, 0.1) is 11.1 Å². The lowest BCUT2D eigenvalue weighted by Crippen LogP contribution is -2.43. The van der Waals surface area contributed by atoms with Gasteiger partial charge in [-0.3, -0.25) is 19.3 Å². The van der Waals surface area contributed by atoms with Gasteiger partial charge in [-0.15, -0.1) is 0 Å². The van der Waals surface area contributed by atoms with Crippen LogP contribution in [-0.2, 0) is 4.79 Å². The molecule has 1 N–H and O–H groups in total. The third kappa shape index (κ3) is 3.67. The van der Waals surface area contributed by atoms with E-state index in [0.29, 0.717) is 35.8 Å². The van der Waals surface area contributed by atoms with Gasteiger partial charge < -0.3 is 5.32 Å². The van der Waals surface area contributed by atoms with Gasteiger partial charge in [-0.1, -0.05) is 38.3 Å². The number of nitrogens with one attached hydrogen (secondary N) is 1. The second-order valence-corrected chi connectivity index (χ2v) is 7.86. The first-order valence-electron chi connectivity index (χ1n) is 9.64. The highest BCUT2D eigenvalue weighted by Crippen LogP contribution is 2.29. The summed E-state index contributed by atoms with van der Waals surface area (Å²) in [6.07, 6.45) is 4.25. The fourth-order valence-electron chi connectivity index (χ4n) is 4.07. The Morgan fingerprint density at radius 3 is 2.65 bits per heavy atom. The number of carbonyl (C=O) groups excluding carboxylic acids is 3. The van der Waals surface area contributed by atoms with E-state index in [-0.39, 0.29) is 30.3 Å². The lowest BCUT2D eigenvalue weighted by Gasteiger charge is -2.34. The van der Waals surface area contributed by atoms with E-state index in [0.717, 1.165) is 18.4 Å². The van der Waals surface area contributed by atoms with Crippen molar-refractivity contribution in [2.75, 3.05) is 6.54 Å². The van der Waals surface area contributed by atoms with Gasteiger partial charge in [-0.25, -0.2) is 0 Å². The van der Waals surface area contributed by atoms with Crippen LogP contribution >= 0.6 is 0 Å². The number of rotatable bonds is 5. The van der Waals surface area contributed by atoms with Gasteiger partial charge in [0.1, 0.15) is 0 Å². The molecule has 0 aromatic heterocycles. The topological polar surface area (TPSA) is 66.5 Å². The SMILES string of the molecule is Cc1ccc2c(c1)C(=O)N(CCCC(=O)N[C@@H]1CCC[C@H](C)[C@@H]1C)C2=O. The van der Waals surface area contributed by atoms with Gasteiger partial charge in [-0.2, -0.15) is 0 Å². The number of nitrogens with zero attached hydrogens (tertiary/aromatic N) is 1. The fourth-order valence-corrected chi connectivity index (χ4v) is 4.07. The van der Waals surface area contributed by atoms with Crippen LogP contribution in [0.3, 0.4) is 0 Å². The Bertz CT molecular complexity index is 728. The smallest absolute Gasteiger partial charge is 0.261 e. The molecule has 1 aliphatic carbocycles. The van der Waals surface area contributed by atoms with Crippen molar-refractivity contribution in [1.29, 1.82) is 0 Å². The van der Waals surface area contributed by atoms with Crippen molar-refractivity contribution in [3.63, 3.8) is 0 Å². The van der Waals surface area contributed by atoms with E-state index >= 15 is 0 Å². The second kappa shape index (κ2) is 7.60. The van der Waals surface area contributed by atoms with Crippen LogP contribution in [0.5, 0.6) is 0 Å². The molecule has 0 spiro atoms. The Balaban J connectivity index is 1.50. The second-order valence-electron chi connectivity index (χ2n) is 7.86. The minimum absolute atomic E-state index is 0.0170. The summed E-state index contributed by atoms with van der Waals surface area (Å²) in [5.41, 5.74) is 1.90. The van der Waals surface area contributed by atoms with E-state index in [4.69, 9.17) is 0 Å². The fraction of sp³-hybridized carbons (Fsp3) is 0.571. The highest BCUT2D eigenvalue weighted by molar-refractivity contribution is 6.21.